The van der Waals surface area contributed by atoms with Crippen LogP contribution in [-0.2, 0) is 6.54 Å². The molecule has 0 radical (unpaired) electrons. The van der Waals surface area contributed by atoms with Gasteiger partial charge in [-0.3, -0.25) is 4.90 Å². The number of hydrogen-bond acceptors (Lipinski definition) is 3. The van der Waals surface area contributed by atoms with Crippen molar-refractivity contribution < 1.29 is 0 Å². The fourth-order valence-electron chi connectivity index (χ4n) is 3.07. The minimum Gasteiger partial charge on any atom is -0.333 e. The van der Waals surface area contributed by atoms with Gasteiger partial charge in [-0.05, 0) is 25.9 Å². The molecule has 17 heavy (non-hydrogen) atoms. The SMILES string of the molecule is CCN1CCCC1Cn1cncc1C1CNC1. The molecule has 4 nitrogen and oxygen atoms in total. The lowest BCUT2D eigenvalue weighted by molar-refractivity contribution is 0.240. The lowest BCUT2D eigenvalue weighted by atomic mass is 10.00. The number of nitrogens with zero attached hydrogens (tertiary/aromatic N) is 3. The van der Waals surface area contributed by atoms with Gasteiger partial charge in [-0.15, -0.1) is 0 Å². The largest absolute Gasteiger partial charge is 0.333 e. The Morgan fingerprint density at radius 1 is 1.47 bits per heavy atom. The van der Waals surface area contributed by atoms with E-state index in [1.54, 1.807) is 0 Å². The molecule has 2 fully saturated rings. The molecule has 0 spiro atoms. The summed E-state index contributed by atoms with van der Waals surface area (Å²) in [5.74, 6) is 0.689. The van der Waals surface area contributed by atoms with Crippen LogP contribution in [0, 0.1) is 0 Å². The van der Waals surface area contributed by atoms with Crippen molar-refractivity contribution in [3.05, 3.63) is 18.2 Å². The van der Waals surface area contributed by atoms with E-state index in [1.807, 2.05) is 6.33 Å². The molecule has 0 bridgehead atoms. The van der Waals surface area contributed by atoms with Crippen LogP contribution in [0.5, 0.6) is 0 Å². The second-order valence-corrected chi connectivity index (χ2v) is 5.25. The smallest absolute Gasteiger partial charge is 0.0948 e. The molecule has 2 saturated heterocycles. The van der Waals surface area contributed by atoms with E-state index in [0.29, 0.717) is 5.92 Å². The van der Waals surface area contributed by atoms with E-state index in [4.69, 9.17) is 0 Å². The van der Waals surface area contributed by atoms with Crippen LogP contribution in [0.3, 0.4) is 0 Å². The van der Waals surface area contributed by atoms with Gasteiger partial charge in [-0.2, -0.15) is 0 Å². The molecule has 0 saturated carbocycles. The molecule has 1 aromatic heterocycles. The summed E-state index contributed by atoms with van der Waals surface area (Å²) in [6, 6.07) is 0.723. The van der Waals surface area contributed by atoms with Crippen LogP contribution >= 0.6 is 0 Å². The minimum absolute atomic E-state index is 0.689. The van der Waals surface area contributed by atoms with E-state index in [2.05, 4.69) is 32.9 Å². The molecule has 0 aliphatic carbocycles. The topological polar surface area (TPSA) is 33.1 Å². The number of rotatable bonds is 4. The average molecular weight is 234 g/mol. The van der Waals surface area contributed by atoms with Gasteiger partial charge >= 0.3 is 0 Å². The van der Waals surface area contributed by atoms with Gasteiger partial charge in [0, 0.05) is 43.5 Å². The van der Waals surface area contributed by atoms with Gasteiger partial charge in [0.15, 0.2) is 0 Å². The van der Waals surface area contributed by atoms with Crippen LogP contribution < -0.4 is 5.32 Å². The van der Waals surface area contributed by atoms with E-state index in [0.717, 1.165) is 25.7 Å². The minimum atomic E-state index is 0.689. The molecular weight excluding hydrogens is 212 g/mol. The molecule has 94 valence electrons. The Balaban J connectivity index is 1.69. The Labute approximate surface area is 103 Å². The highest BCUT2D eigenvalue weighted by molar-refractivity contribution is 5.12. The Bertz CT molecular complexity index is 369. The first-order valence-electron chi connectivity index (χ1n) is 6.83. The monoisotopic (exact) mass is 234 g/mol. The van der Waals surface area contributed by atoms with Gasteiger partial charge in [-0.1, -0.05) is 6.92 Å². The lowest BCUT2D eigenvalue weighted by Crippen LogP contribution is -2.41. The van der Waals surface area contributed by atoms with Gasteiger partial charge in [0.25, 0.3) is 0 Å². The molecule has 1 atom stereocenters. The van der Waals surface area contributed by atoms with Crippen LogP contribution in [0.15, 0.2) is 12.5 Å². The Morgan fingerprint density at radius 2 is 2.35 bits per heavy atom. The Morgan fingerprint density at radius 3 is 3.06 bits per heavy atom. The molecule has 0 aromatic carbocycles. The summed E-state index contributed by atoms with van der Waals surface area (Å²) in [5.41, 5.74) is 1.42. The third-order valence-corrected chi connectivity index (χ3v) is 4.26. The average Bonchev–Trinajstić information content (AvgIpc) is 2.87. The van der Waals surface area contributed by atoms with Crippen molar-refractivity contribution in [3.63, 3.8) is 0 Å². The first kappa shape index (κ1) is 11.2. The van der Waals surface area contributed by atoms with Crippen LogP contribution in [0.25, 0.3) is 0 Å². The highest BCUT2D eigenvalue weighted by Gasteiger charge is 2.26. The predicted molar refractivity (Wildman–Crippen MR) is 68.1 cm³/mol. The molecule has 1 unspecified atom stereocenters. The Hall–Kier alpha value is -0.870. The maximum Gasteiger partial charge on any atom is 0.0948 e. The normalized spacial score (nSPS) is 26.3. The summed E-state index contributed by atoms with van der Waals surface area (Å²) < 4.78 is 2.38. The molecule has 3 rings (SSSR count). The maximum absolute atomic E-state index is 4.33. The number of likely N-dealkylation sites (tertiary alicyclic amines) is 1. The first-order chi connectivity index (χ1) is 8.38. The van der Waals surface area contributed by atoms with Crippen LogP contribution in [0.4, 0.5) is 0 Å². The predicted octanol–water partition coefficient (Wildman–Crippen LogP) is 1.05. The molecule has 3 heterocycles. The van der Waals surface area contributed by atoms with E-state index >= 15 is 0 Å². The van der Waals surface area contributed by atoms with Gasteiger partial charge in [0.2, 0.25) is 0 Å². The van der Waals surface area contributed by atoms with Crippen LogP contribution in [-0.4, -0.2) is 46.7 Å². The zero-order valence-electron chi connectivity index (χ0n) is 10.6. The zero-order valence-corrected chi connectivity index (χ0v) is 10.6. The van der Waals surface area contributed by atoms with Gasteiger partial charge in [0.05, 0.1) is 6.33 Å². The summed E-state index contributed by atoms with van der Waals surface area (Å²) in [7, 11) is 0. The summed E-state index contributed by atoms with van der Waals surface area (Å²) in [6.07, 6.45) is 6.76. The summed E-state index contributed by atoms with van der Waals surface area (Å²) in [5, 5.41) is 3.34. The van der Waals surface area contributed by atoms with E-state index in [1.165, 1.54) is 31.6 Å². The standard InChI is InChI=1S/C13H22N4/c1-2-16-5-3-4-12(16)9-17-10-15-8-13(17)11-6-14-7-11/h8,10-12,14H,2-7,9H2,1H3. The number of imidazole rings is 1. The van der Waals surface area contributed by atoms with E-state index in [-0.39, 0.29) is 0 Å². The third kappa shape index (κ3) is 2.11. The molecule has 2 aliphatic heterocycles. The highest BCUT2D eigenvalue weighted by Crippen LogP contribution is 2.23. The van der Waals surface area contributed by atoms with Crippen molar-refractivity contribution in [2.45, 2.75) is 38.3 Å². The van der Waals surface area contributed by atoms with Crippen LogP contribution in [0.2, 0.25) is 0 Å². The molecule has 4 heteroatoms. The summed E-state index contributed by atoms with van der Waals surface area (Å²) in [4.78, 5) is 6.93. The van der Waals surface area contributed by atoms with Crippen molar-refractivity contribution in [1.29, 1.82) is 0 Å². The quantitative estimate of drug-likeness (QED) is 0.845. The second kappa shape index (κ2) is 4.78. The first-order valence-corrected chi connectivity index (χ1v) is 6.83. The van der Waals surface area contributed by atoms with Crippen molar-refractivity contribution in [3.8, 4) is 0 Å². The van der Waals surface area contributed by atoms with E-state index < -0.39 is 0 Å². The van der Waals surface area contributed by atoms with Crippen molar-refractivity contribution in [2.75, 3.05) is 26.2 Å². The number of aromatic nitrogens is 2. The summed E-state index contributed by atoms with van der Waals surface area (Å²) in [6.45, 7) is 8.08. The van der Waals surface area contributed by atoms with Gasteiger partial charge in [0.1, 0.15) is 0 Å². The molecular formula is C13H22N4. The summed E-state index contributed by atoms with van der Waals surface area (Å²) >= 11 is 0. The lowest BCUT2D eigenvalue weighted by Gasteiger charge is -2.30. The fourth-order valence-corrected chi connectivity index (χ4v) is 3.07. The zero-order chi connectivity index (χ0) is 11.7. The number of nitrogens with one attached hydrogen (secondary N) is 1. The number of likely N-dealkylation sites (N-methyl/N-ethyl adjacent to an activating group) is 1. The maximum atomic E-state index is 4.33. The van der Waals surface area contributed by atoms with Crippen molar-refractivity contribution >= 4 is 0 Å². The third-order valence-electron chi connectivity index (χ3n) is 4.26. The molecule has 0 amide bonds. The van der Waals surface area contributed by atoms with Gasteiger partial charge in [-0.25, -0.2) is 4.98 Å². The highest BCUT2D eigenvalue weighted by atomic mass is 15.2. The van der Waals surface area contributed by atoms with Crippen molar-refractivity contribution in [1.82, 2.24) is 19.8 Å². The second-order valence-electron chi connectivity index (χ2n) is 5.25. The van der Waals surface area contributed by atoms with Crippen molar-refractivity contribution in [2.24, 2.45) is 0 Å². The van der Waals surface area contributed by atoms with E-state index in [9.17, 15) is 0 Å². The van der Waals surface area contributed by atoms with Crippen LogP contribution in [0.1, 0.15) is 31.4 Å². The Kier molecular flexibility index (Phi) is 3.16. The fraction of sp³-hybridized carbons (Fsp3) is 0.769. The molecule has 1 N–H and O–H groups in total. The molecule has 1 aromatic rings. The molecule has 2 aliphatic rings. The number of hydrogen-bond donors (Lipinski definition) is 1. The van der Waals surface area contributed by atoms with Gasteiger partial charge < -0.3 is 9.88 Å².